The van der Waals surface area contributed by atoms with Gasteiger partial charge in [0.05, 0.1) is 25.5 Å². The van der Waals surface area contributed by atoms with Crippen molar-refractivity contribution in [2.45, 2.75) is 31.9 Å². The number of aromatic nitrogens is 3. The molecule has 0 bridgehead atoms. The van der Waals surface area contributed by atoms with Gasteiger partial charge in [-0.15, -0.1) is 0 Å². The number of hydrogen-bond donors (Lipinski definition) is 3. The Morgan fingerprint density at radius 1 is 1.46 bits per heavy atom. The summed E-state index contributed by atoms with van der Waals surface area (Å²) in [5.74, 6) is 1.63. The first-order valence-electron chi connectivity index (χ1n) is 7.68. The number of pyridine rings is 1. The average Bonchev–Trinajstić information content (AvgIpc) is 2.54. The minimum atomic E-state index is -0.386. The van der Waals surface area contributed by atoms with Gasteiger partial charge in [0.25, 0.3) is 5.56 Å². The Morgan fingerprint density at radius 2 is 2.21 bits per heavy atom. The molecule has 1 fully saturated rings. The van der Waals surface area contributed by atoms with Crippen molar-refractivity contribution in [3.63, 3.8) is 0 Å². The highest BCUT2D eigenvalue weighted by Crippen LogP contribution is 2.40. The minimum Gasteiger partial charge on any atom is -0.495 e. The maximum Gasteiger partial charge on any atom is 0.271 e. The number of aliphatic hydroxyl groups excluding tert-OH is 1. The number of nitrogens with one attached hydrogen (secondary N) is 2. The molecule has 0 unspecified atom stereocenters. The Labute approximate surface area is 144 Å². The fourth-order valence-corrected chi connectivity index (χ4v) is 3.05. The summed E-state index contributed by atoms with van der Waals surface area (Å²) >= 11 is 6.09. The normalized spacial score (nSPS) is 21.0. The third-order valence-electron chi connectivity index (χ3n) is 4.22. The lowest BCUT2D eigenvalue weighted by atomic mass is 9.75. The van der Waals surface area contributed by atoms with E-state index in [2.05, 4.69) is 20.3 Å². The van der Waals surface area contributed by atoms with E-state index in [1.54, 1.807) is 26.4 Å². The van der Waals surface area contributed by atoms with Crippen molar-refractivity contribution in [3.8, 4) is 5.75 Å². The Bertz CT molecular complexity index is 789. The van der Waals surface area contributed by atoms with Crippen LogP contribution in [0.2, 0.25) is 5.02 Å². The Hall–Kier alpha value is -2.12. The van der Waals surface area contributed by atoms with Gasteiger partial charge in [-0.3, -0.25) is 9.78 Å². The van der Waals surface area contributed by atoms with Gasteiger partial charge in [-0.25, -0.2) is 4.98 Å². The predicted octanol–water partition coefficient (Wildman–Crippen LogP) is 2.06. The van der Waals surface area contributed by atoms with Crippen molar-refractivity contribution >= 4 is 17.4 Å². The first-order valence-corrected chi connectivity index (χ1v) is 8.05. The Kier molecular flexibility index (Phi) is 4.73. The minimum absolute atomic E-state index is 0.0151. The van der Waals surface area contributed by atoms with Gasteiger partial charge < -0.3 is 20.1 Å². The molecule has 0 aromatic carbocycles. The molecule has 0 amide bonds. The van der Waals surface area contributed by atoms with Crippen molar-refractivity contribution in [3.05, 3.63) is 45.2 Å². The number of H-pyrrole nitrogens is 1. The van der Waals surface area contributed by atoms with Gasteiger partial charge in [-0.1, -0.05) is 11.6 Å². The third-order valence-corrected chi connectivity index (χ3v) is 4.57. The molecule has 8 heteroatoms. The monoisotopic (exact) mass is 350 g/mol. The molecular weight excluding hydrogens is 332 g/mol. The summed E-state index contributed by atoms with van der Waals surface area (Å²) in [6.07, 6.45) is 4.38. The van der Waals surface area contributed by atoms with Crippen LogP contribution in [0.15, 0.2) is 23.3 Å². The molecule has 0 aliphatic heterocycles. The fraction of sp³-hybridized carbons (Fsp3) is 0.438. The van der Waals surface area contributed by atoms with E-state index in [0.717, 1.165) is 5.56 Å². The van der Waals surface area contributed by atoms with E-state index in [1.807, 2.05) is 6.07 Å². The molecular formula is C16H19ClN4O3. The molecule has 1 saturated carbocycles. The zero-order chi connectivity index (χ0) is 17.3. The van der Waals surface area contributed by atoms with Crippen LogP contribution in [0.25, 0.3) is 0 Å². The topological polar surface area (TPSA) is 100 Å². The largest absolute Gasteiger partial charge is 0.495 e. The Balaban J connectivity index is 1.95. The maximum absolute atomic E-state index is 11.8. The maximum atomic E-state index is 11.8. The summed E-state index contributed by atoms with van der Waals surface area (Å²) in [5, 5.41) is 12.9. The van der Waals surface area contributed by atoms with Crippen molar-refractivity contribution in [1.82, 2.24) is 15.0 Å². The lowest BCUT2D eigenvalue weighted by molar-refractivity contribution is 0.0338. The molecule has 2 aromatic rings. The van der Waals surface area contributed by atoms with E-state index in [1.165, 1.54) is 0 Å². The molecule has 0 saturated heterocycles. The predicted molar refractivity (Wildman–Crippen MR) is 90.5 cm³/mol. The molecule has 0 spiro atoms. The highest BCUT2D eigenvalue weighted by Gasteiger charge is 2.35. The molecule has 128 valence electrons. The molecule has 2 aromatic heterocycles. The van der Waals surface area contributed by atoms with E-state index < -0.39 is 0 Å². The number of ether oxygens (including phenoxy) is 1. The first-order chi connectivity index (χ1) is 11.5. The van der Waals surface area contributed by atoms with Gasteiger partial charge in [0, 0.05) is 6.20 Å². The van der Waals surface area contributed by atoms with E-state index >= 15 is 0 Å². The van der Waals surface area contributed by atoms with Crippen LogP contribution in [-0.2, 0) is 0 Å². The number of methoxy groups -OCH3 is 1. The summed E-state index contributed by atoms with van der Waals surface area (Å²) in [7, 11) is 1.58. The van der Waals surface area contributed by atoms with E-state index in [4.69, 9.17) is 16.3 Å². The molecule has 1 atom stereocenters. The van der Waals surface area contributed by atoms with Gasteiger partial charge >= 0.3 is 0 Å². The number of halogens is 1. The number of anilines is 1. The van der Waals surface area contributed by atoms with Crippen LogP contribution in [-0.4, -0.2) is 33.3 Å². The summed E-state index contributed by atoms with van der Waals surface area (Å²) in [5.41, 5.74) is 0.505. The van der Waals surface area contributed by atoms with E-state index in [-0.39, 0.29) is 28.6 Å². The SMILES string of the molecule is COc1cncc([C@@H](Nc2nc(C)[nH]c(=O)c2Cl)C2CC(O)C2)c1. The Morgan fingerprint density at radius 3 is 2.88 bits per heavy atom. The molecule has 1 aliphatic rings. The van der Waals surface area contributed by atoms with Crippen LogP contribution in [0.4, 0.5) is 5.82 Å². The number of aryl methyl sites for hydroxylation is 1. The van der Waals surface area contributed by atoms with Crippen molar-refractivity contribution in [2.75, 3.05) is 12.4 Å². The second-order valence-electron chi connectivity index (χ2n) is 5.98. The lowest BCUT2D eigenvalue weighted by Crippen LogP contribution is -2.36. The number of nitrogens with zero attached hydrogens (tertiary/aromatic N) is 2. The van der Waals surface area contributed by atoms with Gasteiger partial charge in [-0.2, -0.15) is 0 Å². The van der Waals surface area contributed by atoms with Crippen LogP contribution in [0, 0.1) is 12.8 Å². The van der Waals surface area contributed by atoms with Crippen LogP contribution < -0.4 is 15.6 Å². The summed E-state index contributed by atoms with van der Waals surface area (Å²) < 4.78 is 5.23. The van der Waals surface area contributed by atoms with Gasteiger partial charge in [0.1, 0.15) is 16.6 Å². The van der Waals surface area contributed by atoms with Crippen LogP contribution in [0.1, 0.15) is 30.3 Å². The zero-order valence-electron chi connectivity index (χ0n) is 13.4. The summed E-state index contributed by atoms with van der Waals surface area (Å²) in [4.78, 5) is 22.9. The van der Waals surface area contributed by atoms with Crippen LogP contribution in [0.5, 0.6) is 5.75 Å². The molecule has 2 heterocycles. The van der Waals surface area contributed by atoms with E-state index in [9.17, 15) is 9.90 Å². The van der Waals surface area contributed by atoms with Gasteiger partial charge in [0.2, 0.25) is 0 Å². The number of aromatic amines is 1. The molecule has 1 aliphatic carbocycles. The second kappa shape index (κ2) is 6.78. The standard InChI is InChI=1S/C16H19ClN4O3/c1-8-19-15(13(17)16(23)20-8)21-14(9-3-11(22)4-9)10-5-12(24-2)7-18-6-10/h5-7,9,11,14,22H,3-4H2,1-2H3,(H2,19,20,21,23)/t9?,11?,14-/m0/s1. The van der Waals surface area contributed by atoms with Crippen LogP contribution >= 0.6 is 11.6 Å². The fourth-order valence-electron chi connectivity index (χ4n) is 2.91. The molecule has 24 heavy (non-hydrogen) atoms. The summed E-state index contributed by atoms with van der Waals surface area (Å²) in [6.45, 7) is 1.69. The van der Waals surface area contributed by atoms with Gasteiger partial charge in [0.15, 0.2) is 5.82 Å². The molecule has 0 radical (unpaired) electrons. The zero-order valence-corrected chi connectivity index (χ0v) is 14.2. The summed E-state index contributed by atoms with van der Waals surface area (Å²) in [6, 6.07) is 1.70. The van der Waals surface area contributed by atoms with Gasteiger partial charge in [-0.05, 0) is 37.3 Å². The molecule has 3 N–H and O–H groups in total. The quantitative estimate of drug-likeness (QED) is 0.763. The highest BCUT2D eigenvalue weighted by atomic mass is 35.5. The van der Waals surface area contributed by atoms with Crippen molar-refractivity contribution in [1.29, 1.82) is 0 Å². The van der Waals surface area contributed by atoms with E-state index in [0.29, 0.717) is 30.2 Å². The van der Waals surface area contributed by atoms with Crippen molar-refractivity contribution in [2.24, 2.45) is 5.92 Å². The average molecular weight is 351 g/mol. The van der Waals surface area contributed by atoms with Crippen molar-refractivity contribution < 1.29 is 9.84 Å². The third kappa shape index (κ3) is 3.37. The number of aliphatic hydroxyl groups is 1. The number of rotatable bonds is 5. The molecule has 7 nitrogen and oxygen atoms in total. The number of hydrogen-bond acceptors (Lipinski definition) is 6. The lowest BCUT2D eigenvalue weighted by Gasteiger charge is -2.38. The second-order valence-corrected chi connectivity index (χ2v) is 6.36. The molecule has 3 rings (SSSR count). The smallest absolute Gasteiger partial charge is 0.271 e. The first kappa shape index (κ1) is 16.7. The van der Waals surface area contributed by atoms with Crippen LogP contribution in [0.3, 0.4) is 0 Å². The highest BCUT2D eigenvalue weighted by molar-refractivity contribution is 6.32.